The first-order valence-electron chi connectivity index (χ1n) is 7.42. The minimum atomic E-state index is 0.495. The maximum absolute atomic E-state index is 6.01. The van der Waals surface area contributed by atoms with Gasteiger partial charge in [-0.2, -0.15) is 4.98 Å². The molecule has 0 aliphatic heterocycles. The monoisotopic (exact) mass is 340 g/mol. The summed E-state index contributed by atoms with van der Waals surface area (Å²) in [6, 6.07) is 17.0. The molecule has 0 atom stereocenters. The lowest BCUT2D eigenvalue weighted by molar-refractivity contribution is 0.417. The van der Waals surface area contributed by atoms with Crippen molar-refractivity contribution in [2.75, 3.05) is 17.7 Å². The van der Waals surface area contributed by atoms with E-state index in [0.29, 0.717) is 16.8 Å². The topological polar surface area (TPSA) is 59.1 Å². The van der Waals surface area contributed by atoms with Crippen molar-refractivity contribution < 1.29 is 4.74 Å². The van der Waals surface area contributed by atoms with Crippen LogP contribution in [0.5, 0.6) is 5.75 Å². The van der Waals surface area contributed by atoms with Crippen LogP contribution in [0.3, 0.4) is 0 Å². The molecule has 3 rings (SSSR count). The van der Waals surface area contributed by atoms with Crippen LogP contribution < -0.4 is 15.4 Å². The Morgan fingerprint density at radius 3 is 2.58 bits per heavy atom. The van der Waals surface area contributed by atoms with E-state index < -0.39 is 0 Å². The average molecular weight is 341 g/mol. The summed E-state index contributed by atoms with van der Waals surface area (Å²) >= 11 is 6.01. The number of ether oxygens (including phenoxy) is 1. The number of aromatic nitrogens is 2. The van der Waals surface area contributed by atoms with Crippen molar-refractivity contribution in [3.8, 4) is 5.75 Å². The predicted molar refractivity (Wildman–Crippen MR) is 97.8 cm³/mol. The Hall–Kier alpha value is -2.79. The SMILES string of the molecule is COc1ccccc1Nc1cc(C)nc(Nc2cccc(Cl)c2)n1. The molecule has 0 saturated heterocycles. The zero-order valence-corrected chi connectivity index (χ0v) is 14.1. The summed E-state index contributed by atoms with van der Waals surface area (Å²) in [4.78, 5) is 8.90. The maximum Gasteiger partial charge on any atom is 0.229 e. The van der Waals surface area contributed by atoms with Crippen molar-refractivity contribution >= 4 is 34.7 Å². The van der Waals surface area contributed by atoms with E-state index >= 15 is 0 Å². The van der Waals surface area contributed by atoms with E-state index in [4.69, 9.17) is 16.3 Å². The highest BCUT2D eigenvalue weighted by Crippen LogP contribution is 2.27. The van der Waals surface area contributed by atoms with Crippen molar-refractivity contribution in [2.45, 2.75) is 6.92 Å². The van der Waals surface area contributed by atoms with Crippen LogP contribution in [0.15, 0.2) is 54.6 Å². The van der Waals surface area contributed by atoms with Gasteiger partial charge in [0.2, 0.25) is 5.95 Å². The van der Waals surface area contributed by atoms with Crippen LogP contribution in [-0.4, -0.2) is 17.1 Å². The number of nitrogens with zero attached hydrogens (tertiary/aromatic N) is 2. The summed E-state index contributed by atoms with van der Waals surface area (Å²) in [6.07, 6.45) is 0. The van der Waals surface area contributed by atoms with E-state index in [-0.39, 0.29) is 0 Å². The highest BCUT2D eigenvalue weighted by molar-refractivity contribution is 6.30. The molecule has 2 N–H and O–H groups in total. The molecule has 0 aliphatic rings. The van der Waals surface area contributed by atoms with Gasteiger partial charge in [-0.3, -0.25) is 0 Å². The van der Waals surface area contributed by atoms with Crippen LogP contribution in [0.25, 0.3) is 0 Å². The van der Waals surface area contributed by atoms with Crippen molar-refractivity contribution in [2.24, 2.45) is 0 Å². The third-order valence-corrected chi connectivity index (χ3v) is 3.54. The van der Waals surface area contributed by atoms with Gasteiger partial charge in [-0.05, 0) is 37.3 Å². The third-order valence-electron chi connectivity index (χ3n) is 3.30. The van der Waals surface area contributed by atoms with Gasteiger partial charge in [-0.15, -0.1) is 0 Å². The summed E-state index contributed by atoms with van der Waals surface area (Å²) in [5.74, 6) is 1.92. The molecule has 5 nitrogen and oxygen atoms in total. The minimum absolute atomic E-state index is 0.495. The lowest BCUT2D eigenvalue weighted by Crippen LogP contribution is -2.03. The normalized spacial score (nSPS) is 10.3. The number of methoxy groups -OCH3 is 1. The summed E-state index contributed by atoms with van der Waals surface area (Å²) in [5, 5.41) is 7.07. The Morgan fingerprint density at radius 1 is 0.958 bits per heavy atom. The van der Waals surface area contributed by atoms with Crippen LogP contribution in [0, 0.1) is 6.92 Å². The molecule has 0 bridgehead atoms. The van der Waals surface area contributed by atoms with E-state index in [1.54, 1.807) is 7.11 Å². The molecule has 0 saturated carbocycles. The zero-order valence-electron chi connectivity index (χ0n) is 13.4. The highest BCUT2D eigenvalue weighted by Gasteiger charge is 2.06. The molecule has 2 aromatic carbocycles. The fourth-order valence-corrected chi connectivity index (χ4v) is 2.46. The zero-order chi connectivity index (χ0) is 16.9. The number of para-hydroxylation sites is 2. The molecule has 122 valence electrons. The van der Waals surface area contributed by atoms with E-state index in [2.05, 4.69) is 20.6 Å². The van der Waals surface area contributed by atoms with Crippen LogP contribution in [0.1, 0.15) is 5.69 Å². The molecular formula is C18H17ClN4O. The van der Waals surface area contributed by atoms with Crippen molar-refractivity contribution in [1.82, 2.24) is 9.97 Å². The molecule has 0 spiro atoms. The molecule has 3 aromatic rings. The first kappa shape index (κ1) is 16.1. The first-order valence-corrected chi connectivity index (χ1v) is 7.80. The molecule has 0 unspecified atom stereocenters. The first-order chi connectivity index (χ1) is 11.6. The Balaban J connectivity index is 1.86. The van der Waals surface area contributed by atoms with Crippen molar-refractivity contribution in [3.05, 3.63) is 65.3 Å². The van der Waals surface area contributed by atoms with E-state index in [9.17, 15) is 0 Å². The molecule has 0 fully saturated rings. The van der Waals surface area contributed by atoms with Crippen LogP contribution in [0.4, 0.5) is 23.1 Å². The van der Waals surface area contributed by atoms with Gasteiger partial charge in [0.1, 0.15) is 11.6 Å². The number of anilines is 4. The number of hydrogen-bond donors (Lipinski definition) is 2. The minimum Gasteiger partial charge on any atom is -0.495 e. The number of nitrogens with one attached hydrogen (secondary N) is 2. The Morgan fingerprint density at radius 2 is 1.79 bits per heavy atom. The molecule has 0 amide bonds. The predicted octanol–water partition coefficient (Wildman–Crippen LogP) is 4.93. The Labute approximate surface area is 145 Å². The second-order valence-electron chi connectivity index (χ2n) is 5.18. The summed E-state index contributed by atoms with van der Waals surface area (Å²) in [5.41, 5.74) is 2.51. The number of halogens is 1. The fourth-order valence-electron chi connectivity index (χ4n) is 2.27. The van der Waals surface area contributed by atoms with Gasteiger partial charge >= 0.3 is 0 Å². The number of hydrogen-bond acceptors (Lipinski definition) is 5. The van der Waals surface area contributed by atoms with Crippen molar-refractivity contribution in [3.63, 3.8) is 0 Å². The van der Waals surface area contributed by atoms with Gasteiger partial charge in [-0.1, -0.05) is 29.8 Å². The highest BCUT2D eigenvalue weighted by atomic mass is 35.5. The van der Waals surface area contributed by atoms with Gasteiger partial charge in [0, 0.05) is 22.5 Å². The molecule has 0 radical (unpaired) electrons. The summed E-state index contributed by atoms with van der Waals surface area (Å²) in [6.45, 7) is 1.91. The number of aryl methyl sites for hydroxylation is 1. The molecule has 1 heterocycles. The van der Waals surface area contributed by atoms with Gasteiger partial charge in [0.25, 0.3) is 0 Å². The molecule has 1 aromatic heterocycles. The van der Waals surface area contributed by atoms with E-state index in [0.717, 1.165) is 22.8 Å². The van der Waals surface area contributed by atoms with Gasteiger partial charge < -0.3 is 15.4 Å². The smallest absolute Gasteiger partial charge is 0.229 e. The number of rotatable bonds is 5. The molecule has 0 aliphatic carbocycles. The Bertz CT molecular complexity index is 854. The van der Waals surface area contributed by atoms with Crippen LogP contribution in [0.2, 0.25) is 5.02 Å². The Kier molecular flexibility index (Phi) is 4.82. The van der Waals surface area contributed by atoms with E-state index in [1.165, 1.54) is 0 Å². The second kappa shape index (κ2) is 7.19. The largest absolute Gasteiger partial charge is 0.495 e. The second-order valence-corrected chi connectivity index (χ2v) is 5.62. The standard InChI is InChI=1S/C18H17ClN4O/c1-12-10-17(22-15-8-3-4-9-16(15)24-2)23-18(20-12)21-14-7-5-6-13(19)11-14/h3-11H,1-2H3,(H2,20,21,22,23). The molecule has 24 heavy (non-hydrogen) atoms. The fraction of sp³-hybridized carbons (Fsp3) is 0.111. The number of benzene rings is 2. The summed E-state index contributed by atoms with van der Waals surface area (Å²) < 4.78 is 5.35. The van der Waals surface area contributed by atoms with Gasteiger partial charge in [0.15, 0.2) is 0 Å². The van der Waals surface area contributed by atoms with Crippen LogP contribution in [-0.2, 0) is 0 Å². The maximum atomic E-state index is 6.01. The van der Waals surface area contributed by atoms with Crippen LogP contribution >= 0.6 is 11.6 Å². The molecular weight excluding hydrogens is 324 g/mol. The lowest BCUT2D eigenvalue weighted by Gasteiger charge is -2.12. The van der Waals surface area contributed by atoms with Crippen molar-refractivity contribution in [1.29, 1.82) is 0 Å². The van der Waals surface area contributed by atoms with Gasteiger partial charge in [-0.25, -0.2) is 4.98 Å². The third kappa shape index (κ3) is 3.94. The van der Waals surface area contributed by atoms with Gasteiger partial charge in [0.05, 0.1) is 12.8 Å². The quantitative estimate of drug-likeness (QED) is 0.689. The molecule has 6 heteroatoms. The summed E-state index contributed by atoms with van der Waals surface area (Å²) in [7, 11) is 1.64. The van der Waals surface area contributed by atoms with E-state index in [1.807, 2.05) is 61.5 Å². The lowest BCUT2D eigenvalue weighted by atomic mass is 10.3. The average Bonchev–Trinajstić information content (AvgIpc) is 2.55.